The fourth-order valence-corrected chi connectivity index (χ4v) is 4.33. The summed E-state index contributed by atoms with van der Waals surface area (Å²) in [5, 5.41) is 0. The summed E-state index contributed by atoms with van der Waals surface area (Å²) in [6.45, 7) is 12.2. The fraction of sp³-hybridized carbons (Fsp3) is 0.647. The lowest BCUT2D eigenvalue weighted by Gasteiger charge is -2.33. The Kier molecular flexibility index (Phi) is 6.06. The van der Waals surface area contributed by atoms with Gasteiger partial charge in [-0.05, 0) is 50.1 Å². The molecule has 5 nitrogen and oxygen atoms in total. The van der Waals surface area contributed by atoms with Crippen molar-refractivity contribution in [2.45, 2.75) is 39.0 Å². The second-order valence-electron chi connectivity index (χ2n) is 6.07. The van der Waals surface area contributed by atoms with E-state index in [1.165, 1.54) is 0 Å². The minimum Gasteiger partial charge on any atom is -0.492 e. The third kappa shape index (κ3) is 4.05. The highest BCUT2D eigenvalue weighted by atomic mass is 32.2. The first kappa shape index (κ1) is 18.2. The summed E-state index contributed by atoms with van der Waals surface area (Å²) in [7, 11) is -3.51. The predicted molar refractivity (Wildman–Crippen MR) is 92.6 cm³/mol. The molecule has 6 heteroatoms. The zero-order valence-electron chi connectivity index (χ0n) is 14.6. The largest absolute Gasteiger partial charge is 0.492 e. The Labute approximate surface area is 140 Å². The zero-order chi connectivity index (χ0) is 17.0. The lowest BCUT2D eigenvalue weighted by atomic mass is 10.1. The molecule has 0 radical (unpaired) electrons. The predicted octanol–water partition coefficient (Wildman–Crippen LogP) is 2.42. The van der Waals surface area contributed by atoms with Crippen molar-refractivity contribution >= 4 is 10.0 Å². The van der Waals surface area contributed by atoms with Crippen molar-refractivity contribution in [1.82, 2.24) is 9.21 Å². The van der Waals surface area contributed by atoms with Gasteiger partial charge in [0.2, 0.25) is 10.0 Å². The van der Waals surface area contributed by atoms with Gasteiger partial charge in [-0.2, -0.15) is 4.31 Å². The van der Waals surface area contributed by atoms with Crippen LogP contribution in [0.3, 0.4) is 0 Å². The molecule has 0 amide bonds. The highest BCUT2D eigenvalue weighted by Gasteiger charge is 2.31. The Hall–Kier alpha value is -1.11. The zero-order valence-corrected chi connectivity index (χ0v) is 15.4. The normalized spacial score (nSPS) is 17.4. The van der Waals surface area contributed by atoms with Crippen LogP contribution < -0.4 is 4.74 Å². The molecule has 23 heavy (non-hydrogen) atoms. The van der Waals surface area contributed by atoms with Crippen molar-refractivity contribution in [2.75, 3.05) is 39.3 Å². The molecule has 1 aromatic rings. The molecule has 1 aromatic carbocycles. The number of likely N-dealkylation sites (N-methyl/N-ethyl adjacent to an activating group) is 1. The molecule has 0 aliphatic carbocycles. The molecule has 0 spiro atoms. The summed E-state index contributed by atoms with van der Waals surface area (Å²) in [6.07, 6.45) is 0.849. The van der Waals surface area contributed by atoms with E-state index < -0.39 is 10.0 Å². The first-order valence-corrected chi connectivity index (χ1v) is 9.80. The Morgan fingerprint density at radius 3 is 2.22 bits per heavy atom. The molecule has 0 saturated carbocycles. The number of aryl methyl sites for hydroxylation is 2. The van der Waals surface area contributed by atoms with Crippen LogP contribution in [0.4, 0.5) is 0 Å². The smallest absolute Gasteiger partial charge is 0.246 e. The fourth-order valence-electron chi connectivity index (χ4n) is 2.71. The molecule has 1 fully saturated rings. The number of rotatable bonds is 6. The summed E-state index contributed by atoms with van der Waals surface area (Å²) in [4.78, 5) is 2.57. The Bertz CT molecular complexity index is 635. The number of hydrogen-bond donors (Lipinski definition) is 0. The molecule has 2 rings (SSSR count). The van der Waals surface area contributed by atoms with Gasteiger partial charge in [-0.25, -0.2) is 8.42 Å². The molecule has 0 aromatic heterocycles. The van der Waals surface area contributed by atoms with E-state index in [0.717, 1.165) is 37.2 Å². The maximum absolute atomic E-state index is 13.1. The van der Waals surface area contributed by atoms with Gasteiger partial charge in [-0.15, -0.1) is 0 Å². The lowest BCUT2D eigenvalue weighted by Crippen LogP contribution is -2.48. The minimum absolute atomic E-state index is 0.305. The second kappa shape index (κ2) is 7.64. The van der Waals surface area contributed by atoms with Gasteiger partial charge >= 0.3 is 0 Å². The van der Waals surface area contributed by atoms with Crippen LogP contribution in [0.25, 0.3) is 0 Å². The van der Waals surface area contributed by atoms with Crippen LogP contribution in [-0.2, 0) is 10.0 Å². The molecule has 1 saturated heterocycles. The number of nitrogens with zero attached hydrogens (tertiary/aromatic N) is 2. The molecule has 130 valence electrons. The first-order valence-electron chi connectivity index (χ1n) is 8.36. The molecule has 0 atom stereocenters. The van der Waals surface area contributed by atoms with Crippen molar-refractivity contribution in [3.8, 4) is 5.75 Å². The molecule has 1 aliphatic rings. The number of piperazine rings is 1. The number of sulfonamides is 1. The molecular weight excluding hydrogens is 312 g/mol. The van der Waals surface area contributed by atoms with Gasteiger partial charge in [0.05, 0.1) is 6.61 Å². The third-order valence-corrected chi connectivity index (χ3v) is 6.34. The van der Waals surface area contributed by atoms with Gasteiger partial charge in [-0.1, -0.05) is 13.8 Å². The quantitative estimate of drug-likeness (QED) is 0.798. The molecule has 0 bridgehead atoms. The van der Waals surface area contributed by atoms with Crippen molar-refractivity contribution in [2.24, 2.45) is 0 Å². The number of benzene rings is 1. The van der Waals surface area contributed by atoms with E-state index in [2.05, 4.69) is 11.8 Å². The van der Waals surface area contributed by atoms with Crippen LogP contribution in [0.1, 0.15) is 31.4 Å². The summed E-state index contributed by atoms with van der Waals surface area (Å²) in [5.41, 5.74) is 2.02. The Balaban J connectivity index is 2.33. The maximum atomic E-state index is 13.1. The van der Waals surface area contributed by atoms with Crippen LogP contribution in [0.5, 0.6) is 5.75 Å². The molecule has 1 heterocycles. The average Bonchev–Trinajstić information content (AvgIpc) is 2.55. The van der Waals surface area contributed by atoms with Gasteiger partial charge in [0.1, 0.15) is 10.6 Å². The van der Waals surface area contributed by atoms with Crippen LogP contribution in [0, 0.1) is 13.8 Å². The topological polar surface area (TPSA) is 49.9 Å². The highest BCUT2D eigenvalue weighted by molar-refractivity contribution is 7.89. The van der Waals surface area contributed by atoms with Gasteiger partial charge in [-0.3, -0.25) is 0 Å². The average molecular weight is 340 g/mol. The van der Waals surface area contributed by atoms with E-state index in [1.54, 1.807) is 10.4 Å². The van der Waals surface area contributed by atoms with E-state index in [0.29, 0.717) is 30.3 Å². The van der Waals surface area contributed by atoms with Crippen molar-refractivity contribution < 1.29 is 13.2 Å². The van der Waals surface area contributed by atoms with Gasteiger partial charge in [0.15, 0.2) is 0 Å². The van der Waals surface area contributed by atoms with Crippen LogP contribution in [-0.4, -0.2) is 57.0 Å². The Morgan fingerprint density at radius 2 is 1.65 bits per heavy atom. The van der Waals surface area contributed by atoms with Gasteiger partial charge < -0.3 is 9.64 Å². The van der Waals surface area contributed by atoms with Gasteiger partial charge in [0, 0.05) is 26.2 Å². The Morgan fingerprint density at radius 1 is 1.04 bits per heavy atom. The minimum atomic E-state index is -3.51. The van der Waals surface area contributed by atoms with Crippen LogP contribution in [0.15, 0.2) is 17.0 Å². The van der Waals surface area contributed by atoms with Gasteiger partial charge in [0.25, 0.3) is 0 Å². The molecule has 0 N–H and O–H groups in total. The third-order valence-electron chi connectivity index (χ3n) is 4.42. The summed E-state index contributed by atoms with van der Waals surface area (Å²) >= 11 is 0. The van der Waals surface area contributed by atoms with E-state index in [9.17, 15) is 8.42 Å². The highest BCUT2D eigenvalue weighted by Crippen LogP contribution is 2.30. The van der Waals surface area contributed by atoms with Crippen molar-refractivity contribution in [3.63, 3.8) is 0 Å². The van der Waals surface area contributed by atoms with E-state index in [4.69, 9.17) is 4.74 Å². The van der Waals surface area contributed by atoms with Crippen LogP contribution >= 0.6 is 0 Å². The maximum Gasteiger partial charge on any atom is 0.246 e. The molecule has 1 aliphatic heterocycles. The second-order valence-corrected chi connectivity index (χ2v) is 7.98. The monoisotopic (exact) mass is 340 g/mol. The lowest BCUT2D eigenvalue weighted by molar-refractivity contribution is 0.196. The molecular formula is C17H28N2O3S. The van der Waals surface area contributed by atoms with E-state index in [-0.39, 0.29) is 0 Å². The standard InChI is InChI=1S/C17H28N2O3S/c1-5-11-22-16-12-14(3)15(4)13-17(16)23(20,21)19-9-7-18(6-2)8-10-19/h12-13H,5-11H2,1-4H3. The SMILES string of the molecule is CCCOc1cc(C)c(C)cc1S(=O)(=O)N1CCN(CC)CC1. The first-order chi connectivity index (χ1) is 10.9. The number of hydrogen-bond acceptors (Lipinski definition) is 4. The van der Waals surface area contributed by atoms with E-state index in [1.807, 2.05) is 26.8 Å². The van der Waals surface area contributed by atoms with Crippen molar-refractivity contribution in [3.05, 3.63) is 23.3 Å². The van der Waals surface area contributed by atoms with E-state index >= 15 is 0 Å². The summed E-state index contributed by atoms with van der Waals surface area (Å²) in [6, 6.07) is 3.60. The number of ether oxygens (including phenoxy) is 1. The van der Waals surface area contributed by atoms with Crippen LogP contribution in [0.2, 0.25) is 0 Å². The summed E-state index contributed by atoms with van der Waals surface area (Å²) < 4.78 is 33.4. The van der Waals surface area contributed by atoms with Crippen molar-refractivity contribution in [1.29, 1.82) is 0 Å². The molecule has 0 unspecified atom stereocenters. The summed E-state index contributed by atoms with van der Waals surface area (Å²) in [5.74, 6) is 0.480.